The number of hydrogen-bond acceptors (Lipinski definition) is 4. The van der Waals surface area contributed by atoms with Crippen molar-refractivity contribution >= 4 is 11.9 Å². The second-order valence-corrected chi connectivity index (χ2v) is 5.56. The van der Waals surface area contributed by atoms with Gasteiger partial charge >= 0.3 is 5.97 Å². The second kappa shape index (κ2) is 6.25. The molecular weight excluding hydrogens is 286 g/mol. The molecule has 2 aliphatic heterocycles. The number of hydrogen-bond donors (Lipinski definition) is 1. The van der Waals surface area contributed by atoms with Crippen LogP contribution in [0.15, 0.2) is 18.2 Å². The molecule has 1 atom stereocenters. The summed E-state index contributed by atoms with van der Waals surface area (Å²) in [5.74, 6) is 0.428. The van der Waals surface area contributed by atoms with E-state index in [9.17, 15) is 9.59 Å². The van der Waals surface area contributed by atoms with Crippen molar-refractivity contribution in [2.45, 2.75) is 31.7 Å². The molecule has 2 aliphatic rings. The topological polar surface area (TPSA) is 76.1 Å². The van der Waals surface area contributed by atoms with Gasteiger partial charge in [-0.1, -0.05) is 6.07 Å². The minimum absolute atomic E-state index is 0.0974. The van der Waals surface area contributed by atoms with Crippen LogP contribution >= 0.6 is 0 Å². The van der Waals surface area contributed by atoms with Crippen LogP contribution in [0, 0.1) is 0 Å². The van der Waals surface area contributed by atoms with Gasteiger partial charge in [-0.2, -0.15) is 0 Å². The molecule has 0 spiro atoms. The Balaban J connectivity index is 1.60. The smallest absolute Gasteiger partial charge is 0.326 e. The molecule has 6 nitrogen and oxygen atoms in total. The van der Waals surface area contributed by atoms with E-state index < -0.39 is 12.0 Å². The molecule has 0 radical (unpaired) electrons. The molecule has 1 aromatic carbocycles. The number of carbonyl (C=O) groups is 2. The third-order valence-electron chi connectivity index (χ3n) is 4.09. The van der Waals surface area contributed by atoms with Gasteiger partial charge in [0, 0.05) is 13.0 Å². The second-order valence-electron chi connectivity index (χ2n) is 5.56. The summed E-state index contributed by atoms with van der Waals surface area (Å²) in [5.41, 5.74) is 0.990. The molecule has 6 heteroatoms. The van der Waals surface area contributed by atoms with Crippen molar-refractivity contribution in [2.24, 2.45) is 0 Å². The van der Waals surface area contributed by atoms with E-state index in [2.05, 4.69) is 0 Å². The molecule has 1 aromatic rings. The summed E-state index contributed by atoms with van der Waals surface area (Å²) >= 11 is 0. The number of rotatable bonds is 4. The molecule has 1 fully saturated rings. The van der Waals surface area contributed by atoms with Crippen molar-refractivity contribution in [1.29, 1.82) is 0 Å². The van der Waals surface area contributed by atoms with E-state index in [-0.39, 0.29) is 5.91 Å². The lowest BCUT2D eigenvalue weighted by molar-refractivity contribution is -0.148. The third-order valence-corrected chi connectivity index (χ3v) is 4.09. The van der Waals surface area contributed by atoms with Crippen LogP contribution in [0.2, 0.25) is 0 Å². The molecule has 1 amide bonds. The molecular formula is C16H19NO5. The zero-order chi connectivity index (χ0) is 15.5. The molecule has 1 N–H and O–H groups in total. The van der Waals surface area contributed by atoms with Crippen molar-refractivity contribution in [1.82, 2.24) is 4.90 Å². The Morgan fingerprint density at radius 1 is 1.23 bits per heavy atom. The number of aryl methyl sites for hydroxylation is 1. The fourth-order valence-electron chi connectivity index (χ4n) is 2.96. The molecule has 0 aromatic heterocycles. The number of aliphatic carboxylic acids is 1. The average molecular weight is 305 g/mol. The highest BCUT2D eigenvalue weighted by atomic mass is 16.6. The van der Waals surface area contributed by atoms with Gasteiger partial charge in [0.05, 0.1) is 0 Å². The molecule has 0 unspecified atom stereocenters. The predicted molar refractivity (Wildman–Crippen MR) is 78.1 cm³/mol. The zero-order valence-corrected chi connectivity index (χ0v) is 12.3. The Labute approximate surface area is 128 Å². The summed E-state index contributed by atoms with van der Waals surface area (Å²) in [6, 6.07) is 5.00. The number of ether oxygens (including phenoxy) is 2. The normalized spacial score (nSPS) is 20.0. The first-order valence-electron chi connectivity index (χ1n) is 7.56. The Hall–Kier alpha value is -2.24. The van der Waals surface area contributed by atoms with E-state index in [0.29, 0.717) is 44.8 Å². The van der Waals surface area contributed by atoms with Crippen molar-refractivity contribution in [3.63, 3.8) is 0 Å². The monoisotopic (exact) mass is 305 g/mol. The number of carboxylic acids is 1. The largest absolute Gasteiger partial charge is 0.486 e. The van der Waals surface area contributed by atoms with E-state index in [1.54, 1.807) is 0 Å². The van der Waals surface area contributed by atoms with Gasteiger partial charge in [-0.25, -0.2) is 4.79 Å². The first kappa shape index (κ1) is 14.7. The van der Waals surface area contributed by atoms with Crippen LogP contribution in [-0.2, 0) is 16.0 Å². The molecule has 0 aliphatic carbocycles. The Morgan fingerprint density at radius 3 is 2.77 bits per heavy atom. The highest BCUT2D eigenvalue weighted by Gasteiger charge is 2.33. The van der Waals surface area contributed by atoms with Crippen LogP contribution in [0.3, 0.4) is 0 Å². The standard InChI is InChI=1S/C16H19NO5/c18-15(17-7-1-2-12(17)16(19)20)6-4-11-3-5-13-14(10-11)22-9-8-21-13/h3,5,10,12H,1-2,4,6-9H2,(H,19,20)/t12-/m0/s1. The van der Waals surface area contributed by atoms with E-state index >= 15 is 0 Å². The Bertz CT molecular complexity index is 586. The van der Waals surface area contributed by atoms with Crippen molar-refractivity contribution < 1.29 is 24.2 Å². The lowest BCUT2D eigenvalue weighted by atomic mass is 10.1. The number of likely N-dealkylation sites (tertiary alicyclic amines) is 1. The first-order chi connectivity index (χ1) is 10.6. The molecule has 3 rings (SSSR count). The van der Waals surface area contributed by atoms with Crippen molar-refractivity contribution in [3.8, 4) is 11.5 Å². The van der Waals surface area contributed by atoms with E-state index in [1.807, 2.05) is 18.2 Å². The van der Waals surface area contributed by atoms with E-state index in [4.69, 9.17) is 14.6 Å². The third kappa shape index (κ3) is 3.00. The minimum atomic E-state index is -0.912. The number of carboxylic acid groups (broad SMARTS) is 1. The van der Waals surface area contributed by atoms with Crippen LogP contribution in [0.1, 0.15) is 24.8 Å². The molecule has 22 heavy (non-hydrogen) atoms. The molecule has 1 saturated heterocycles. The average Bonchev–Trinajstić information content (AvgIpc) is 3.02. The number of amides is 1. The van der Waals surface area contributed by atoms with Gasteiger partial charge in [0.1, 0.15) is 19.3 Å². The highest BCUT2D eigenvalue weighted by Crippen LogP contribution is 2.31. The number of benzene rings is 1. The molecule has 118 valence electrons. The van der Waals surface area contributed by atoms with Gasteiger partial charge in [-0.3, -0.25) is 4.79 Å². The maximum absolute atomic E-state index is 12.2. The lowest BCUT2D eigenvalue weighted by Gasteiger charge is -2.22. The number of carbonyl (C=O) groups excluding carboxylic acids is 1. The minimum Gasteiger partial charge on any atom is -0.486 e. The highest BCUT2D eigenvalue weighted by molar-refractivity contribution is 5.84. The van der Waals surface area contributed by atoms with E-state index in [1.165, 1.54) is 4.90 Å². The summed E-state index contributed by atoms with van der Waals surface area (Å²) in [5, 5.41) is 9.13. The van der Waals surface area contributed by atoms with Crippen molar-refractivity contribution in [3.05, 3.63) is 23.8 Å². The van der Waals surface area contributed by atoms with Gasteiger partial charge in [0.25, 0.3) is 0 Å². The van der Waals surface area contributed by atoms with Gasteiger partial charge in [0.15, 0.2) is 11.5 Å². The molecule has 0 saturated carbocycles. The summed E-state index contributed by atoms with van der Waals surface area (Å²) < 4.78 is 11.0. The lowest BCUT2D eigenvalue weighted by Crippen LogP contribution is -2.40. The Kier molecular flexibility index (Phi) is 4.18. The maximum Gasteiger partial charge on any atom is 0.326 e. The van der Waals surface area contributed by atoms with Crippen LogP contribution in [-0.4, -0.2) is 47.7 Å². The summed E-state index contributed by atoms with van der Waals surface area (Å²) in [7, 11) is 0. The van der Waals surface area contributed by atoms with Crippen LogP contribution in [0.4, 0.5) is 0 Å². The fraction of sp³-hybridized carbons (Fsp3) is 0.500. The quantitative estimate of drug-likeness (QED) is 0.911. The maximum atomic E-state index is 12.2. The van der Waals surface area contributed by atoms with Gasteiger partial charge in [-0.15, -0.1) is 0 Å². The summed E-state index contributed by atoms with van der Waals surface area (Å²) in [6.45, 7) is 1.62. The van der Waals surface area contributed by atoms with Crippen LogP contribution < -0.4 is 9.47 Å². The predicted octanol–water partition coefficient (Wildman–Crippen LogP) is 1.47. The SMILES string of the molecule is O=C(O)[C@@H]1CCCN1C(=O)CCc1ccc2c(c1)OCCO2. The molecule has 2 heterocycles. The Morgan fingerprint density at radius 2 is 2.00 bits per heavy atom. The number of nitrogens with zero attached hydrogens (tertiary/aromatic N) is 1. The first-order valence-corrected chi connectivity index (χ1v) is 7.56. The number of fused-ring (bicyclic) bond motifs is 1. The summed E-state index contributed by atoms with van der Waals surface area (Å²) in [6.07, 6.45) is 2.18. The van der Waals surface area contributed by atoms with Gasteiger partial charge in [0.2, 0.25) is 5.91 Å². The fourth-order valence-corrected chi connectivity index (χ4v) is 2.96. The van der Waals surface area contributed by atoms with E-state index in [0.717, 1.165) is 17.7 Å². The van der Waals surface area contributed by atoms with Crippen molar-refractivity contribution in [2.75, 3.05) is 19.8 Å². The summed E-state index contributed by atoms with van der Waals surface area (Å²) in [4.78, 5) is 24.8. The van der Waals surface area contributed by atoms with Crippen LogP contribution in [0.25, 0.3) is 0 Å². The van der Waals surface area contributed by atoms with Gasteiger partial charge in [-0.05, 0) is 37.0 Å². The van der Waals surface area contributed by atoms with Crippen LogP contribution in [0.5, 0.6) is 11.5 Å². The zero-order valence-electron chi connectivity index (χ0n) is 12.3. The van der Waals surface area contributed by atoms with Gasteiger partial charge < -0.3 is 19.5 Å². The molecule has 0 bridgehead atoms.